The Balaban J connectivity index is 3.00. The molecule has 0 bridgehead atoms. The molecule has 23 heavy (non-hydrogen) atoms. The third-order valence-corrected chi connectivity index (χ3v) is 4.44. The fourth-order valence-corrected chi connectivity index (χ4v) is 2.71. The molecular weight excluding hydrogens is 341 g/mol. The number of halogens is 2. The second kappa shape index (κ2) is 8.02. The number of carbonyl (C=O) groups is 2. The van der Waals surface area contributed by atoms with Crippen molar-refractivity contribution in [1.82, 2.24) is 0 Å². The van der Waals surface area contributed by atoms with Gasteiger partial charge in [-0.25, -0.2) is 4.39 Å². The van der Waals surface area contributed by atoms with Gasteiger partial charge in [-0.1, -0.05) is 32.4 Å². The van der Waals surface area contributed by atoms with Crippen molar-refractivity contribution in [1.29, 1.82) is 0 Å². The first-order valence-corrected chi connectivity index (χ1v) is 8.45. The Bertz CT molecular complexity index is 602. The molecule has 1 N–H and O–H groups in total. The predicted octanol–water partition coefficient (Wildman–Crippen LogP) is 4.51. The SMILES string of the molecule is CCOC(=O)C(C)Sc1cc(NC(=O)C(C)(C)C)c(F)cc1Cl. The summed E-state index contributed by atoms with van der Waals surface area (Å²) in [5.74, 6) is -1.31. The van der Waals surface area contributed by atoms with Crippen molar-refractivity contribution in [2.24, 2.45) is 5.41 Å². The number of rotatable bonds is 5. The topological polar surface area (TPSA) is 55.4 Å². The zero-order valence-electron chi connectivity index (χ0n) is 13.8. The molecule has 1 amide bonds. The lowest BCUT2D eigenvalue weighted by Crippen LogP contribution is -2.28. The van der Waals surface area contributed by atoms with Gasteiger partial charge in [-0.05, 0) is 26.0 Å². The molecular formula is C16H21ClFNO3S. The largest absolute Gasteiger partial charge is 0.465 e. The maximum atomic E-state index is 14.0. The molecule has 1 unspecified atom stereocenters. The Morgan fingerprint density at radius 1 is 1.39 bits per heavy atom. The summed E-state index contributed by atoms with van der Waals surface area (Å²) in [7, 11) is 0. The maximum absolute atomic E-state index is 14.0. The first-order valence-electron chi connectivity index (χ1n) is 7.20. The lowest BCUT2D eigenvalue weighted by molar-refractivity contribution is -0.142. The Kier molecular flexibility index (Phi) is 6.89. The normalized spacial score (nSPS) is 12.7. The van der Waals surface area contributed by atoms with E-state index < -0.39 is 16.5 Å². The second-order valence-electron chi connectivity index (χ2n) is 5.98. The van der Waals surface area contributed by atoms with E-state index in [1.54, 1.807) is 34.6 Å². The zero-order chi connectivity index (χ0) is 17.8. The van der Waals surface area contributed by atoms with Crippen LogP contribution in [0.5, 0.6) is 0 Å². The molecule has 7 heteroatoms. The van der Waals surface area contributed by atoms with E-state index in [9.17, 15) is 14.0 Å². The van der Waals surface area contributed by atoms with Crippen molar-refractivity contribution in [3.05, 3.63) is 23.0 Å². The van der Waals surface area contributed by atoms with Crippen LogP contribution in [0, 0.1) is 11.2 Å². The molecule has 1 rings (SSSR count). The Morgan fingerprint density at radius 3 is 2.52 bits per heavy atom. The van der Waals surface area contributed by atoms with E-state index in [1.807, 2.05) is 0 Å². The van der Waals surface area contributed by atoms with Gasteiger partial charge in [-0.15, -0.1) is 11.8 Å². The molecule has 1 atom stereocenters. The van der Waals surface area contributed by atoms with Gasteiger partial charge in [0.1, 0.15) is 11.1 Å². The van der Waals surface area contributed by atoms with E-state index in [4.69, 9.17) is 16.3 Å². The van der Waals surface area contributed by atoms with Gasteiger partial charge in [-0.2, -0.15) is 0 Å². The average Bonchev–Trinajstić information content (AvgIpc) is 2.42. The summed E-state index contributed by atoms with van der Waals surface area (Å²) in [4.78, 5) is 24.2. The van der Waals surface area contributed by atoms with Gasteiger partial charge in [-0.3, -0.25) is 9.59 Å². The van der Waals surface area contributed by atoms with E-state index in [2.05, 4.69) is 5.32 Å². The van der Waals surface area contributed by atoms with Crippen LogP contribution >= 0.6 is 23.4 Å². The summed E-state index contributed by atoms with van der Waals surface area (Å²) in [6.07, 6.45) is 0. The highest BCUT2D eigenvalue weighted by atomic mass is 35.5. The standard InChI is InChI=1S/C16H21ClFNO3S/c1-6-22-14(20)9(2)23-13-8-12(11(18)7-10(13)17)19-15(21)16(3,4)5/h7-9H,6H2,1-5H3,(H,19,21). The van der Waals surface area contributed by atoms with Gasteiger partial charge in [0.05, 0.1) is 17.3 Å². The summed E-state index contributed by atoms with van der Waals surface area (Å²) in [5.41, 5.74) is -0.620. The summed E-state index contributed by atoms with van der Waals surface area (Å²) >= 11 is 7.18. The molecule has 0 fully saturated rings. The average molecular weight is 362 g/mol. The van der Waals surface area contributed by atoms with E-state index in [0.29, 0.717) is 4.90 Å². The van der Waals surface area contributed by atoms with Crippen LogP contribution in [0.3, 0.4) is 0 Å². The molecule has 1 aromatic rings. The molecule has 0 aliphatic rings. The number of ether oxygens (including phenoxy) is 1. The van der Waals surface area contributed by atoms with Crippen LogP contribution in [0.1, 0.15) is 34.6 Å². The van der Waals surface area contributed by atoms with Gasteiger partial charge in [0.25, 0.3) is 0 Å². The summed E-state index contributed by atoms with van der Waals surface area (Å²) in [5, 5.41) is 2.23. The monoisotopic (exact) mass is 361 g/mol. The van der Waals surface area contributed by atoms with E-state index in [0.717, 1.165) is 17.8 Å². The number of amides is 1. The molecule has 0 radical (unpaired) electrons. The van der Waals surface area contributed by atoms with E-state index in [-0.39, 0.29) is 29.2 Å². The highest BCUT2D eigenvalue weighted by molar-refractivity contribution is 8.00. The second-order valence-corrected chi connectivity index (χ2v) is 7.77. The minimum atomic E-state index is -0.655. The lowest BCUT2D eigenvalue weighted by Gasteiger charge is -2.19. The number of carbonyl (C=O) groups excluding carboxylic acids is 2. The van der Waals surface area contributed by atoms with Crippen molar-refractivity contribution in [2.45, 2.75) is 44.8 Å². The smallest absolute Gasteiger partial charge is 0.319 e. The van der Waals surface area contributed by atoms with Crippen molar-refractivity contribution >= 4 is 40.9 Å². The molecule has 0 aliphatic carbocycles. The Labute approximate surface area is 145 Å². The van der Waals surface area contributed by atoms with Crippen molar-refractivity contribution in [3.63, 3.8) is 0 Å². The van der Waals surface area contributed by atoms with Crippen molar-refractivity contribution < 1.29 is 18.7 Å². The third-order valence-electron chi connectivity index (χ3n) is 2.87. The van der Waals surface area contributed by atoms with Crippen LogP contribution < -0.4 is 5.32 Å². The number of anilines is 1. The van der Waals surface area contributed by atoms with E-state index in [1.165, 1.54) is 6.07 Å². The minimum Gasteiger partial charge on any atom is -0.465 e. The zero-order valence-corrected chi connectivity index (χ0v) is 15.4. The maximum Gasteiger partial charge on any atom is 0.319 e. The van der Waals surface area contributed by atoms with Crippen molar-refractivity contribution in [3.8, 4) is 0 Å². The number of hydrogen-bond donors (Lipinski definition) is 1. The summed E-state index contributed by atoms with van der Waals surface area (Å²) in [6, 6.07) is 2.56. The van der Waals surface area contributed by atoms with Crippen LogP contribution in [0.2, 0.25) is 5.02 Å². The molecule has 0 saturated carbocycles. The van der Waals surface area contributed by atoms with Crippen LogP contribution in [0.25, 0.3) is 0 Å². The number of nitrogens with one attached hydrogen (secondary N) is 1. The molecule has 128 valence electrons. The number of hydrogen-bond acceptors (Lipinski definition) is 4. The fraction of sp³-hybridized carbons (Fsp3) is 0.500. The number of esters is 1. The summed E-state index contributed by atoms with van der Waals surface area (Å²) < 4.78 is 18.9. The molecule has 0 heterocycles. The van der Waals surface area contributed by atoms with Crippen molar-refractivity contribution in [2.75, 3.05) is 11.9 Å². The van der Waals surface area contributed by atoms with E-state index >= 15 is 0 Å². The summed E-state index contributed by atoms with van der Waals surface area (Å²) in [6.45, 7) is 8.88. The molecule has 0 saturated heterocycles. The highest BCUT2D eigenvalue weighted by Crippen LogP contribution is 2.35. The van der Waals surface area contributed by atoms with Crippen LogP contribution in [0.4, 0.5) is 10.1 Å². The number of thioether (sulfide) groups is 1. The minimum absolute atomic E-state index is 0.0351. The molecule has 0 spiro atoms. The van der Waals surface area contributed by atoms with Gasteiger partial charge < -0.3 is 10.1 Å². The van der Waals surface area contributed by atoms with Gasteiger partial charge in [0.2, 0.25) is 5.91 Å². The van der Waals surface area contributed by atoms with Crippen LogP contribution in [-0.2, 0) is 14.3 Å². The quantitative estimate of drug-likeness (QED) is 0.619. The lowest BCUT2D eigenvalue weighted by atomic mass is 9.95. The first-order chi connectivity index (χ1) is 10.6. The molecule has 4 nitrogen and oxygen atoms in total. The number of benzene rings is 1. The molecule has 1 aromatic carbocycles. The van der Waals surface area contributed by atoms with Crippen LogP contribution in [-0.4, -0.2) is 23.7 Å². The Morgan fingerprint density at radius 2 is 2.00 bits per heavy atom. The van der Waals surface area contributed by atoms with Crippen LogP contribution in [0.15, 0.2) is 17.0 Å². The molecule has 0 aromatic heterocycles. The predicted molar refractivity (Wildman–Crippen MR) is 91.4 cm³/mol. The Hall–Kier alpha value is -1.27. The molecule has 0 aliphatic heterocycles. The van der Waals surface area contributed by atoms with Gasteiger partial charge >= 0.3 is 5.97 Å². The van der Waals surface area contributed by atoms with Gasteiger partial charge in [0.15, 0.2) is 0 Å². The highest BCUT2D eigenvalue weighted by Gasteiger charge is 2.24. The fourth-order valence-electron chi connectivity index (χ4n) is 1.52. The third kappa shape index (κ3) is 5.70. The van der Waals surface area contributed by atoms with Gasteiger partial charge in [0, 0.05) is 10.3 Å². The first kappa shape index (κ1) is 19.8.